The van der Waals surface area contributed by atoms with Crippen molar-refractivity contribution in [1.82, 2.24) is 39.9 Å². The predicted octanol–water partition coefficient (Wildman–Crippen LogP) is 2.85. The van der Waals surface area contributed by atoms with E-state index in [-0.39, 0.29) is 13.2 Å². The van der Waals surface area contributed by atoms with Crippen LogP contribution in [-0.4, -0.2) is 86.7 Å². The molecule has 14 heteroatoms. The summed E-state index contributed by atoms with van der Waals surface area (Å²) in [6.45, 7) is 7.15. The number of likely N-dealkylation sites (tertiary alicyclic amines) is 1. The SMILES string of the molecule is C=C1CN(c2nc(Nc3ccncn3)c3c(n2)c(CN2CCCCC2)nn3CCOCC(F)(F)F)CCN1. The molecule has 0 spiro atoms. The van der Waals surface area contributed by atoms with Crippen LogP contribution in [0.3, 0.4) is 0 Å². The number of rotatable bonds is 9. The molecule has 38 heavy (non-hydrogen) atoms. The largest absolute Gasteiger partial charge is 0.411 e. The van der Waals surface area contributed by atoms with Gasteiger partial charge in [-0.1, -0.05) is 13.0 Å². The molecule has 0 aromatic carbocycles. The van der Waals surface area contributed by atoms with Crippen LogP contribution in [0.15, 0.2) is 30.9 Å². The summed E-state index contributed by atoms with van der Waals surface area (Å²) in [6, 6.07) is 1.71. The number of alkyl halides is 3. The molecule has 3 aromatic rings. The number of hydrogen-bond donors (Lipinski definition) is 2. The molecule has 5 heterocycles. The first-order valence-electron chi connectivity index (χ1n) is 12.7. The molecule has 0 amide bonds. The minimum absolute atomic E-state index is 0.109. The van der Waals surface area contributed by atoms with Crippen LogP contribution in [0.25, 0.3) is 11.0 Å². The van der Waals surface area contributed by atoms with Crippen LogP contribution in [0, 0.1) is 0 Å². The third-order valence-corrected chi connectivity index (χ3v) is 6.43. The second kappa shape index (κ2) is 11.5. The minimum atomic E-state index is -4.39. The van der Waals surface area contributed by atoms with E-state index in [1.54, 1.807) is 16.9 Å². The quantitative estimate of drug-likeness (QED) is 0.399. The maximum Gasteiger partial charge on any atom is 0.411 e. The van der Waals surface area contributed by atoms with Crippen LogP contribution in [-0.2, 0) is 17.8 Å². The molecule has 0 aliphatic carbocycles. The van der Waals surface area contributed by atoms with E-state index in [4.69, 9.17) is 19.8 Å². The van der Waals surface area contributed by atoms with Crippen LogP contribution in [0.4, 0.5) is 30.8 Å². The highest BCUT2D eigenvalue weighted by Gasteiger charge is 2.28. The molecule has 3 aromatic heterocycles. The first-order chi connectivity index (χ1) is 18.4. The molecule has 5 rings (SSSR count). The smallest absolute Gasteiger partial charge is 0.386 e. The monoisotopic (exact) mass is 532 g/mol. The highest BCUT2D eigenvalue weighted by Crippen LogP contribution is 2.30. The van der Waals surface area contributed by atoms with Gasteiger partial charge < -0.3 is 20.3 Å². The molecule has 2 saturated heterocycles. The number of fused-ring (bicyclic) bond motifs is 1. The number of ether oxygens (including phenoxy) is 1. The Hall–Kier alpha value is -3.52. The number of anilines is 3. The zero-order chi connectivity index (χ0) is 26.5. The lowest BCUT2D eigenvalue weighted by atomic mass is 10.1. The minimum Gasteiger partial charge on any atom is -0.386 e. The van der Waals surface area contributed by atoms with Crippen molar-refractivity contribution in [2.45, 2.75) is 38.5 Å². The van der Waals surface area contributed by atoms with Crippen LogP contribution in [0.5, 0.6) is 0 Å². The third-order valence-electron chi connectivity index (χ3n) is 6.43. The van der Waals surface area contributed by atoms with Crippen molar-refractivity contribution in [2.75, 3.05) is 56.2 Å². The van der Waals surface area contributed by atoms with Gasteiger partial charge in [-0.2, -0.15) is 23.3 Å². The molecule has 0 atom stereocenters. The normalized spacial score (nSPS) is 17.1. The van der Waals surface area contributed by atoms with Crippen LogP contribution >= 0.6 is 0 Å². The summed E-state index contributed by atoms with van der Waals surface area (Å²) in [5.74, 6) is 1.50. The van der Waals surface area contributed by atoms with Crippen molar-refractivity contribution in [3.05, 3.63) is 36.6 Å². The fourth-order valence-electron chi connectivity index (χ4n) is 4.69. The van der Waals surface area contributed by atoms with Gasteiger partial charge in [0, 0.05) is 31.5 Å². The fourth-order valence-corrected chi connectivity index (χ4v) is 4.69. The van der Waals surface area contributed by atoms with E-state index in [1.807, 2.05) is 4.90 Å². The van der Waals surface area contributed by atoms with Crippen molar-refractivity contribution in [3.8, 4) is 0 Å². The summed E-state index contributed by atoms with van der Waals surface area (Å²) in [7, 11) is 0. The lowest BCUT2D eigenvalue weighted by Crippen LogP contribution is -2.42. The number of halogens is 3. The van der Waals surface area contributed by atoms with E-state index < -0.39 is 12.8 Å². The van der Waals surface area contributed by atoms with Crippen molar-refractivity contribution < 1.29 is 17.9 Å². The number of nitrogens with zero attached hydrogens (tertiary/aromatic N) is 8. The first-order valence-corrected chi connectivity index (χ1v) is 12.7. The Morgan fingerprint density at radius 3 is 2.71 bits per heavy atom. The standard InChI is InChI=1S/C24H31F3N10O/c1-17-13-36(10-7-29-17)23-32-20-18(14-35-8-3-2-4-9-35)34-37(11-12-38-15-24(25,26)27)21(20)22(33-23)31-19-5-6-28-16-30-19/h5-6,16,29H,1-4,7-15H2,(H,28,30,31,32,33). The van der Waals surface area contributed by atoms with E-state index >= 15 is 0 Å². The van der Waals surface area contributed by atoms with E-state index in [9.17, 15) is 13.2 Å². The molecule has 0 radical (unpaired) electrons. The third kappa shape index (κ3) is 6.48. The summed E-state index contributed by atoms with van der Waals surface area (Å²) in [4.78, 5) is 22.4. The second-order valence-electron chi connectivity index (χ2n) is 9.42. The fraction of sp³-hybridized carbons (Fsp3) is 0.542. The summed E-state index contributed by atoms with van der Waals surface area (Å²) >= 11 is 0. The number of aromatic nitrogens is 6. The molecule has 2 N–H and O–H groups in total. The number of hydrogen-bond acceptors (Lipinski definition) is 10. The maximum absolute atomic E-state index is 12.6. The Bertz CT molecular complexity index is 1240. The summed E-state index contributed by atoms with van der Waals surface area (Å²) in [6.07, 6.45) is 2.08. The van der Waals surface area contributed by atoms with Gasteiger partial charge in [0.15, 0.2) is 5.82 Å². The maximum atomic E-state index is 12.6. The summed E-state index contributed by atoms with van der Waals surface area (Å²) in [5.41, 5.74) is 2.86. The van der Waals surface area contributed by atoms with Gasteiger partial charge in [-0.05, 0) is 32.0 Å². The molecule has 11 nitrogen and oxygen atoms in total. The lowest BCUT2D eigenvalue weighted by molar-refractivity contribution is -0.174. The Morgan fingerprint density at radius 2 is 1.97 bits per heavy atom. The zero-order valence-electron chi connectivity index (χ0n) is 21.0. The Balaban J connectivity index is 1.55. The highest BCUT2D eigenvalue weighted by molar-refractivity contribution is 5.90. The molecule has 2 aliphatic heterocycles. The van der Waals surface area contributed by atoms with Crippen molar-refractivity contribution in [1.29, 1.82) is 0 Å². The van der Waals surface area contributed by atoms with Gasteiger partial charge >= 0.3 is 6.18 Å². The number of piperazine rings is 1. The number of piperidine rings is 1. The van der Waals surface area contributed by atoms with Gasteiger partial charge in [0.2, 0.25) is 5.95 Å². The molecule has 204 valence electrons. The van der Waals surface area contributed by atoms with Gasteiger partial charge in [0.25, 0.3) is 0 Å². The van der Waals surface area contributed by atoms with E-state index in [0.29, 0.717) is 54.8 Å². The van der Waals surface area contributed by atoms with E-state index in [0.717, 1.165) is 37.3 Å². The van der Waals surface area contributed by atoms with Gasteiger partial charge in [-0.3, -0.25) is 9.58 Å². The molecule has 2 aliphatic rings. The van der Waals surface area contributed by atoms with Crippen LogP contribution < -0.4 is 15.5 Å². The van der Waals surface area contributed by atoms with Gasteiger partial charge in [0.05, 0.1) is 19.7 Å². The average Bonchev–Trinajstić information content (AvgIpc) is 3.24. The molecule has 0 bridgehead atoms. The molecule has 0 saturated carbocycles. The molecular formula is C24H31F3N10O. The van der Waals surface area contributed by atoms with Crippen LogP contribution in [0.2, 0.25) is 0 Å². The molecular weight excluding hydrogens is 501 g/mol. The van der Waals surface area contributed by atoms with Gasteiger partial charge in [0.1, 0.15) is 35.5 Å². The van der Waals surface area contributed by atoms with Gasteiger partial charge in [-0.15, -0.1) is 0 Å². The Morgan fingerprint density at radius 1 is 1.13 bits per heavy atom. The lowest BCUT2D eigenvalue weighted by Gasteiger charge is -2.29. The highest BCUT2D eigenvalue weighted by atomic mass is 19.4. The van der Waals surface area contributed by atoms with E-state index in [1.165, 1.54) is 12.7 Å². The molecule has 0 unspecified atom stereocenters. The summed E-state index contributed by atoms with van der Waals surface area (Å²) < 4.78 is 44.5. The Kier molecular flexibility index (Phi) is 7.88. The van der Waals surface area contributed by atoms with Gasteiger partial charge in [-0.25, -0.2) is 15.0 Å². The van der Waals surface area contributed by atoms with Crippen LogP contribution in [0.1, 0.15) is 25.0 Å². The molecule has 2 fully saturated rings. The van der Waals surface area contributed by atoms with E-state index in [2.05, 4.69) is 32.1 Å². The zero-order valence-corrected chi connectivity index (χ0v) is 21.0. The van der Waals surface area contributed by atoms with Crippen molar-refractivity contribution in [2.24, 2.45) is 0 Å². The topological polar surface area (TPSA) is 109 Å². The predicted molar refractivity (Wildman–Crippen MR) is 136 cm³/mol. The summed E-state index contributed by atoms with van der Waals surface area (Å²) in [5, 5.41) is 11.3. The Labute approximate surface area is 218 Å². The average molecular weight is 533 g/mol. The van der Waals surface area contributed by atoms with Crippen molar-refractivity contribution in [3.63, 3.8) is 0 Å². The van der Waals surface area contributed by atoms with Crippen molar-refractivity contribution >= 4 is 28.6 Å². The number of nitrogens with one attached hydrogen (secondary N) is 2. The first kappa shape index (κ1) is 26.1. The second-order valence-corrected chi connectivity index (χ2v) is 9.42.